The molecule has 0 saturated carbocycles. The third-order valence-electron chi connectivity index (χ3n) is 2.11. The first-order chi connectivity index (χ1) is 7.33. The average molecular weight is 208 g/mol. The Morgan fingerprint density at radius 2 is 2.27 bits per heavy atom. The summed E-state index contributed by atoms with van der Waals surface area (Å²) in [5.74, 6) is 0. The molecule has 15 heavy (non-hydrogen) atoms. The number of pyridine rings is 1. The normalized spacial score (nSPS) is 10.0. The number of anilines is 1. The van der Waals surface area contributed by atoms with Gasteiger partial charge in [-0.05, 0) is 6.07 Å². The van der Waals surface area contributed by atoms with Crippen LogP contribution in [0.4, 0.5) is 5.69 Å². The first-order valence-electron chi connectivity index (χ1n) is 4.84. The lowest BCUT2D eigenvalue weighted by Crippen LogP contribution is -2.27. The lowest BCUT2D eigenvalue weighted by atomic mass is 10.2. The van der Waals surface area contributed by atoms with Crippen molar-refractivity contribution in [1.29, 1.82) is 0 Å². The molecule has 82 valence electrons. The molecule has 0 atom stereocenters. The second kappa shape index (κ2) is 6.16. The zero-order chi connectivity index (χ0) is 11.1. The van der Waals surface area contributed by atoms with E-state index in [2.05, 4.69) is 11.6 Å². The van der Waals surface area contributed by atoms with Crippen LogP contribution in [0.1, 0.15) is 5.56 Å². The molecule has 0 fully saturated rings. The van der Waals surface area contributed by atoms with Crippen molar-refractivity contribution in [2.45, 2.75) is 6.61 Å². The highest BCUT2D eigenvalue weighted by atomic mass is 16.3. The molecule has 0 saturated heterocycles. The van der Waals surface area contributed by atoms with Gasteiger partial charge in [0.25, 0.3) is 0 Å². The molecule has 0 radical (unpaired) electrons. The fraction of sp³-hybridized carbons (Fsp3) is 0.364. The van der Waals surface area contributed by atoms with E-state index < -0.39 is 0 Å². The van der Waals surface area contributed by atoms with Gasteiger partial charge in [0.1, 0.15) is 0 Å². The van der Waals surface area contributed by atoms with E-state index in [1.807, 2.05) is 11.0 Å². The highest BCUT2D eigenvalue weighted by Gasteiger charge is 2.08. The molecule has 4 nitrogen and oxygen atoms in total. The third kappa shape index (κ3) is 3.04. The molecule has 1 aromatic heterocycles. The molecule has 0 aliphatic rings. The predicted molar refractivity (Wildman–Crippen MR) is 59.7 cm³/mol. The number of hydrogen-bond donors (Lipinski definition) is 2. The maximum Gasteiger partial charge on any atom is 0.0717 e. The van der Waals surface area contributed by atoms with Gasteiger partial charge in [-0.1, -0.05) is 6.08 Å². The van der Waals surface area contributed by atoms with Gasteiger partial charge in [0.15, 0.2) is 0 Å². The SMILES string of the molecule is C=CCN(CCO)c1ccncc1CO. The van der Waals surface area contributed by atoms with Crippen LogP contribution < -0.4 is 4.90 Å². The smallest absolute Gasteiger partial charge is 0.0717 e. The highest BCUT2D eigenvalue weighted by molar-refractivity contribution is 5.52. The fourth-order valence-electron chi connectivity index (χ4n) is 1.44. The molecule has 0 aliphatic carbocycles. The minimum Gasteiger partial charge on any atom is -0.395 e. The summed E-state index contributed by atoms with van der Waals surface area (Å²) in [5.41, 5.74) is 1.65. The van der Waals surface area contributed by atoms with Crippen LogP contribution in [0, 0.1) is 0 Å². The van der Waals surface area contributed by atoms with E-state index in [1.165, 1.54) is 0 Å². The number of rotatable bonds is 6. The summed E-state index contributed by atoms with van der Waals surface area (Å²) in [6, 6.07) is 1.82. The van der Waals surface area contributed by atoms with Crippen LogP contribution in [-0.2, 0) is 6.61 Å². The van der Waals surface area contributed by atoms with Crippen LogP contribution >= 0.6 is 0 Å². The van der Waals surface area contributed by atoms with Crippen LogP contribution in [0.25, 0.3) is 0 Å². The van der Waals surface area contributed by atoms with Crippen molar-refractivity contribution < 1.29 is 10.2 Å². The van der Waals surface area contributed by atoms with Crippen molar-refractivity contribution in [3.63, 3.8) is 0 Å². The molecule has 0 aromatic carbocycles. The molecule has 0 aliphatic heterocycles. The first-order valence-corrected chi connectivity index (χ1v) is 4.84. The van der Waals surface area contributed by atoms with Crippen LogP contribution in [0.2, 0.25) is 0 Å². The summed E-state index contributed by atoms with van der Waals surface area (Å²) >= 11 is 0. The second-order valence-electron chi connectivity index (χ2n) is 3.12. The predicted octanol–water partition coefficient (Wildman–Crippen LogP) is 0.559. The van der Waals surface area contributed by atoms with E-state index in [4.69, 9.17) is 10.2 Å². The molecular weight excluding hydrogens is 192 g/mol. The third-order valence-corrected chi connectivity index (χ3v) is 2.11. The minimum absolute atomic E-state index is 0.0533. The van der Waals surface area contributed by atoms with Crippen LogP contribution in [0.5, 0.6) is 0 Å². The summed E-state index contributed by atoms with van der Waals surface area (Å²) in [5, 5.41) is 18.1. The van der Waals surface area contributed by atoms with E-state index in [1.54, 1.807) is 18.5 Å². The Morgan fingerprint density at radius 3 is 2.87 bits per heavy atom. The highest BCUT2D eigenvalue weighted by Crippen LogP contribution is 2.18. The van der Waals surface area contributed by atoms with Crippen molar-refractivity contribution in [2.24, 2.45) is 0 Å². The largest absolute Gasteiger partial charge is 0.395 e. The second-order valence-corrected chi connectivity index (χ2v) is 3.12. The molecule has 1 rings (SSSR count). The zero-order valence-electron chi connectivity index (χ0n) is 8.63. The summed E-state index contributed by atoms with van der Waals surface area (Å²) < 4.78 is 0. The van der Waals surface area contributed by atoms with Crippen molar-refractivity contribution in [3.8, 4) is 0 Å². The Hall–Kier alpha value is -1.39. The fourth-order valence-corrected chi connectivity index (χ4v) is 1.44. The number of aromatic nitrogens is 1. The average Bonchev–Trinajstić information content (AvgIpc) is 2.29. The summed E-state index contributed by atoms with van der Waals surface area (Å²) in [7, 11) is 0. The summed E-state index contributed by atoms with van der Waals surface area (Å²) in [6.07, 6.45) is 5.06. The number of hydrogen-bond acceptors (Lipinski definition) is 4. The zero-order valence-corrected chi connectivity index (χ0v) is 8.63. The Morgan fingerprint density at radius 1 is 1.47 bits per heavy atom. The first kappa shape index (κ1) is 11.7. The number of aliphatic hydroxyl groups excluding tert-OH is 2. The van der Waals surface area contributed by atoms with Crippen molar-refractivity contribution in [2.75, 3.05) is 24.6 Å². The Labute approximate surface area is 89.5 Å². The minimum atomic E-state index is -0.0533. The Balaban J connectivity index is 2.92. The quantitative estimate of drug-likeness (QED) is 0.671. The summed E-state index contributed by atoms with van der Waals surface area (Å²) in [6.45, 7) is 4.83. The molecule has 0 bridgehead atoms. The van der Waals surface area contributed by atoms with Gasteiger partial charge < -0.3 is 15.1 Å². The van der Waals surface area contributed by atoms with Crippen LogP contribution in [0.3, 0.4) is 0 Å². The van der Waals surface area contributed by atoms with Gasteiger partial charge in [0, 0.05) is 36.7 Å². The molecule has 1 aromatic rings. The van der Waals surface area contributed by atoms with Crippen LogP contribution in [-0.4, -0.2) is 34.9 Å². The van der Waals surface area contributed by atoms with E-state index in [-0.39, 0.29) is 13.2 Å². The van der Waals surface area contributed by atoms with Gasteiger partial charge in [-0.25, -0.2) is 0 Å². The van der Waals surface area contributed by atoms with Gasteiger partial charge in [0.05, 0.1) is 13.2 Å². The van der Waals surface area contributed by atoms with Crippen molar-refractivity contribution >= 4 is 5.69 Å². The number of nitrogens with zero attached hydrogens (tertiary/aromatic N) is 2. The van der Waals surface area contributed by atoms with Gasteiger partial charge in [-0.3, -0.25) is 4.98 Å². The van der Waals surface area contributed by atoms with E-state index >= 15 is 0 Å². The molecule has 2 N–H and O–H groups in total. The maximum absolute atomic E-state index is 9.15. The topological polar surface area (TPSA) is 56.6 Å². The van der Waals surface area contributed by atoms with Gasteiger partial charge in [-0.2, -0.15) is 0 Å². The van der Waals surface area contributed by atoms with Gasteiger partial charge >= 0.3 is 0 Å². The molecular formula is C11H16N2O2. The molecule has 0 amide bonds. The lowest BCUT2D eigenvalue weighted by molar-refractivity contribution is 0.280. The summed E-state index contributed by atoms with van der Waals surface area (Å²) in [4.78, 5) is 5.89. The molecule has 0 unspecified atom stereocenters. The van der Waals surface area contributed by atoms with E-state index in [9.17, 15) is 0 Å². The van der Waals surface area contributed by atoms with Gasteiger partial charge in [-0.15, -0.1) is 6.58 Å². The van der Waals surface area contributed by atoms with Gasteiger partial charge in [0.2, 0.25) is 0 Å². The molecule has 0 spiro atoms. The Bertz CT molecular complexity index is 315. The standard InChI is InChI=1S/C11H16N2O2/c1-2-5-13(6-7-14)11-3-4-12-8-10(11)9-15/h2-4,8,14-15H,1,5-7,9H2. The van der Waals surface area contributed by atoms with Crippen molar-refractivity contribution in [1.82, 2.24) is 4.98 Å². The van der Waals surface area contributed by atoms with Crippen molar-refractivity contribution in [3.05, 3.63) is 36.7 Å². The maximum atomic E-state index is 9.15. The monoisotopic (exact) mass is 208 g/mol. The van der Waals surface area contributed by atoms with E-state index in [0.717, 1.165) is 11.3 Å². The molecule has 4 heteroatoms. The van der Waals surface area contributed by atoms with E-state index in [0.29, 0.717) is 13.1 Å². The Kier molecular flexibility index (Phi) is 4.80. The number of aliphatic hydroxyl groups is 2. The molecule has 1 heterocycles. The lowest BCUT2D eigenvalue weighted by Gasteiger charge is -2.24. The van der Waals surface area contributed by atoms with Crippen LogP contribution in [0.15, 0.2) is 31.1 Å².